The Balaban J connectivity index is 2.16. The molecule has 0 amide bonds. The van der Waals surface area contributed by atoms with Crippen LogP contribution in [0.15, 0.2) is 40.2 Å². The maximum Gasteiger partial charge on any atom is 0.244 e. The SMILES string of the molecule is COc1ccc(OC)c(S(=O)(=O)NCc2cc(=O)c(OCC(C)C)c[nH]2)c1. The van der Waals surface area contributed by atoms with Gasteiger partial charge in [-0.25, -0.2) is 13.1 Å². The molecule has 1 aromatic carbocycles. The van der Waals surface area contributed by atoms with Crippen LogP contribution in [0.25, 0.3) is 0 Å². The fourth-order valence-electron chi connectivity index (χ4n) is 2.22. The Labute approximate surface area is 158 Å². The van der Waals surface area contributed by atoms with Crippen molar-refractivity contribution >= 4 is 10.0 Å². The summed E-state index contributed by atoms with van der Waals surface area (Å²) >= 11 is 0. The van der Waals surface area contributed by atoms with Gasteiger partial charge in [0.15, 0.2) is 5.75 Å². The van der Waals surface area contributed by atoms with E-state index in [1.165, 1.54) is 38.6 Å². The summed E-state index contributed by atoms with van der Waals surface area (Å²) in [7, 11) is -1.06. The minimum atomic E-state index is -3.89. The molecule has 0 aliphatic rings. The standard InChI is InChI=1S/C18H24N2O6S/c1-12(2)11-26-17-10-19-13(7-15(17)21)9-20-27(22,23)18-8-14(24-3)5-6-16(18)25-4/h5-8,10,12,20H,9,11H2,1-4H3,(H,19,21). The number of ether oxygens (including phenoxy) is 3. The Bertz CT molecular complexity index is 937. The Morgan fingerprint density at radius 3 is 2.44 bits per heavy atom. The lowest BCUT2D eigenvalue weighted by atomic mass is 10.2. The van der Waals surface area contributed by atoms with Crippen LogP contribution in [0.4, 0.5) is 0 Å². The van der Waals surface area contributed by atoms with Crippen LogP contribution < -0.4 is 24.4 Å². The third kappa shape index (κ3) is 5.48. The molecule has 0 unspecified atom stereocenters. The molecule has 0 bridgehead atoms. The third-order valence-corrected chi connectivity index (χ3v) is 5.04. The van der Waals surface area contributed by atoms with Gasteiger partial charge in [0.25, 0.3) is 0 Å². The highest BCUT2D eigenvalue weighted by Crippen LogP contribution is 2.28. The number of H-pyrrole nitrogens is 1. The van der Waals surface area contributed by atoms with Gasteiger partial charge in [-0.2, -0.15) is 0 Å². The molecule has 1 aromatic heterocycles. The number of aromatic nitrogens is 1. The zero-order valence-corrected chi connectivity index (χ0v) is 16.6. The van der Waals surface area contributed by atoms with Crippen molar-refractivity contribution in [3.8, 4) is 17.2 Å². The van der Waals surface area contributed by atoms with Gasteiger partial charge >= 0.3 is 0 Å². The van der Waals surface area contributed by atoms with Crippen molar-refractivity contribution in [1.29, 1.82) is 0 Å². The smallest absolute Gasteiger partial charge is 0.244 e. The lowest BCUT2D eigenvalue weighted by Gasteiger charge is -2.12. The predicted octanol–water partition coefficient (Wildman–Crippen LogP) is 1.91. The van der Waals surface area contributed by atoms with Crippen LogP contribution >= 0.6 is 0 Å². The van der Waals surface area contributed by atoms with Crippen molar-refractivity contribution in [3.05, 3.63) is 46.4 Å². The third-order valence-electron chi connectivity index (χ3n) is 3.62. The van der Waals surface area contributed by atoms with Gasteiger partial charge in [0.1, 0.15) is 16.4 Å². The predicted molar refractivity (Wildman–Crippen MR) is 101 cm³/mol. The number of aromatic amines is 1. The number of hydrogen-bond donors (Lipinski definition) is 2. The first-order valence-corrected chi connectivity index (χ1v) is 9.81. The van der Waals surface area contributed by atoms with E-state index in [0.717, 1.165) is 0 Å². The zero-order valence-electron chi connectivity index (χ0n) is 15.7. The van der Waals surface area contributed by atoms with Gasteiger partial charge < -0.3 is 19.2 Å². The number of rotatable bonds is 9. The van der Waals surface area contributed by atoms with Gasteiger partial charge in [0.2, 0.25) is 15.5 Å². The molecular formula is C18H24N2O6S. The molecule has 0 saturated heterocycles. The summed E-state index contributed by atoms with van der Waals surface area (Å²) in [5, 5.41) is 0. The van der Waals surface area contributed by atoms with Gasteiger partial charge in [-0.3, -0.25) is 4.79 Å². The van der Waals surface area contributed by atoms with E-state index in [-0.39, 0.29) is 34.3 Å². The second-order valence-electron chi connectivity index (χ2n) is 6.23. The molecule has 9 heteroatoms. The fourth-order valence-corrected chi connectivity index (χ4v) is 3.40. The second kappa shape index (κ2) is 8.92. The monoisotopic (exact) mass is 396 g/mol. The Kier molecular flexibility index (Phi) is 6.86. The van der Waals surface area contributed by atoms with E-state index >= 15 is 0 Å². The first-order chi connectivity index (χ1) is 12.8. The molecule has 0 spiro atoms. The molecule has 148 valence electrons. The summed E-state index contributed by atoms with van der Waals surface area (Å²) in [6, 6.07) is 5.79. The number of nitrogens with one attached hydrogen (secondary N) is 2. The van der Waals surface area contributed by atoms with Crippen LogP contribution in [0, 0.1) is 5.92 Å². The van der Waals surface area contributed by atoms with Gasteiger partial charge in [-0.15, -0.1) is 0 Å². The highest BCUT2D eigenvalue weighted by Gasteiger charge is 2.20. The van der Waals surface area contributed by atoms with Gasteiger partial charge in [0.05, 0.1) is 27.4 Å². The minimum Gasteiger partial charge on any atom is -0.497 e. The molecule has 0 aliphatic heterocycles. The first-order valence-electron chi connectivity index (χ1n) is 8.33. The molecule has 0 atom stereocenters. The molecule has 0 radical (unpaired) electrons. The summed E-state index contributed by atoms with van der Waals surface area (Å²) in [4.78, 5) is 14.9. The van der Waals surface area contributed by atoms with Crippen molar-refractivity contribution in [2.75, 3.05) is 20.8 Å². The van der Waals surface area contributed by atoms with E-state index < -0.39 is 10.0 Å². The first kappa shape index (κ1) is 20.8. The van der Waals surface area contributed by atoms with Crippen molar-refractivity contribution in [2.24, 2.45) is 5.92 Å². The van der Waals surface area contributed by atoms with E-state index in [0.29, 0.717) is 18.1 Å². The van der Waals surface area contributed by atoms with E-state index in [1.54, 1.807) is 6.07 Å². The van der Waals surface area contributed by atoms with E-state index in [1.807, 2.05) is 13.8 Å². The molecule has 0 saturated carbocycles. The summed E-state index contributed by atoms with van der Waals surface area (Å²) in [5.74, 6) is 1.06. The Morgan fingerprint density at radius 1 is 1.11 bits per heavy atom. The van der Waals surface area contributed by atoms with Crippen molar-refractivity contribution in [3.63, 3.8) is 0 Å². The number of hydrogen-bond acceptors (Lipinski definition) is 6. The van der Waals surface area contributed by atoms with Gasteiger partial charge in [-0.05, 0) is 18.1 Å². The lowest BCUT2D eigenvalue weighted by molar-refractivity contribution is 0.267. The highest BCUT2D eigenvalue weighted by molar-refractivity contribution is 7.89. The van der Waals surface area contributed by atoms with Crippen molar-refractivity contribution < 1.29 is 22.6 Å². The topological polar surface area (TPSA) is 107 Å². The summed E-state index contributed by atoms with van der Waals surface area (Å²) in [5.41, 5.74) is 0.0879. The van der Waals surface area contributed by atoms with E-state index in [2.05, 4.69) is 9.71 Å². The Hall–Kier alpha value is -2.52. The number of methoxy groups -OCH3 is 2. The molecular weight excluding hydrogens is 372 g/mol. The van der Waals surface area contributed by atoms with Crippen LogP contribution in [-0.4, -0.2) is 34.2 Å². The van der Waals surface area contributed by atoms with Crippen LogP contribution in [-0.2, 0) is 16.6 Å². The average Bonchev–Trinajstić information content (AvgIpc) is 2.65. The van der Waals surface area contributed by atoms with Crippen molar-refractivity contribution in [2.45, 2.75) is 25.3 Å². The van der Waals surface area contributed by atoms with E-state index in [9.17, 15) is 13.2 Å². The van der Waals surface area contributed by atoms with Crippen LogP contribution in [0.5, 0.6) is 17.2 Å². The molecule has 0 aliphatic carbocycles. The maximum absolute atomic E-state index is 12.6. The summed E-state index contributed by atoms with van der Waals surface area (Å²) in [6.45, 7) is 4.28. The van der Waals surface area contributed by atoms with Crippen LogP contribution in [0.2, 0.25) is 0 Å². The largest absolute Gasteiger partial charge is 0.497 e. The Morgan fingerprint density at radius 2 is 1.85 bits per heavy atom. The average molecular weight is 396 g/mol. The maximum atomic E-state index is 12.6. The van der Waals surface area contributed by atoms with E-state index in [4.69, 9.17) is 14.2 Å². The summed E-state index contributed by atoms with van der Waals surface area (Å²) in [6.07, 6.45) is 1.43. The number of sulfonamides is 1. The molecule has 1 heterocycles. The van der Waals surface area contributed by atoms with Crippen molar-refractivity contribution in [1.82, 2.24) is 9.71 Å². The molecule has 8 nitrogen and oxygen atoms in total. The molecule has 2 rings (SSSR count). The molecule has 0 fully saturated rings. The number of pyridine rings is 1. The summed E-state index contributed by atoms with van der Waals surface area (Å²) < 4.78 is 43.3. The number of benzene rings is 1. The molecule has 2 aromatic rings. The normalized spacial score (nSPS) is 11.4. The van der Waals surface area contributed by atoms with Crippen LogP contribution in [0.3, 0.4) is 0 Å². The van der Waals surface area contributed by atoms with Gasteiger partial charge in [0, 0.05) is 24.0 Å². The quantitative estimate of drug-likeness (QED) is 0.671. The van der Waals surface area contributed by atoms with Crippen LogP contribution in [0.1, 0.15) is 19.5 Å². The second-order valence-corrected chi connectivity index (χ2v) is 7.97. The zero-order chi connectivity index (χ0) is 20.0. The highest BCUT2D eigenvalue weighted by atomic mass is 32.2. The lowest BCUT2D eigenvalue weighted by Crippen LogP contribution is -2.25. The minimum absolute atomic E-state index is 0.0522. The van der Waals surface area contributed by atoms with Gasteiger partial charge in [-0.1, -0.05) is 13.8 Å². The molecule has 27 heavy (non-hydrogen) atoms. The fraction of sp³-hybridized carbons (Fsp3) is 0.389. The molecule has 2 N–H and O–H groups in total.